The molecule has 9 nitrogen and oxygen atoms in total. The third-order valence-electron chi connectivity index (χ3n) is 3.47. The zero-order chi connectivity index (χ0) is 20.7. The molecule has 0 heterocycles. The van der Waals surface area contributed by atoms with Gasteiger partial charge in [0.15, 0.2) is 0 Å². The first-order valence-corrected chi connectivity index (χ1v) is 8.34. The quantitative estimate of drug-likeness (QED) is 0.656. The van der Waals surface area contributed by atoms with Crippen LogP contribution in [0.1, 0.15) is 34.6 Å². The Morgan fingerprint density at radius 2 is 1.58 bits per heavy atom. The number of nitrogens with zero attached hydrogens (tertiary/aromatic N) is 2. The number of hydrogen-bond donors (Lipinski definition) is 1. The van der Waals surface area contributed by atoms with E-state index in [0.29, 0.717) is 0 Å². The van der Waals surface area contributed by atoms with Gasteiger partial charge in [0, 0.05) is 14.1 Å². The summed E-state index contributed by atoms with van der Waals surface area (Å²) < 4.78 is 9.76. The molecule has 0 aliphatic rings. The predicted octanol–water partition coefficient (Wildman–Crippen LogP) is 0.626. The first-order chi connectivity index (χ1) is 11.8. The molecule has 0 fully saturated rings. The van der Waals surface area contributed by atoms with Crippen LogP contribution in [0.3, 0.4) is 0 Å². The predicted molar refractivity (Wildman–Crippen MR) is 95.3 cm³/mol. The lowest BCUT2D eigenvalue weighted by molar-refractivity contribution is -0.154. The van der Waals surface area contributed by atoms with Gasteiger partial charge in [-0.25, -0.2) is 9.59 Å². The van der Waals surface area contributed by atoms with Crippen molar-refractivity contribution in [2.45, 2.75) is 46.3 Å². The van der Waals surface area contributed by atoms with E-state index in [9.17, 15) is 19.2 Å². The molecule has 9 heteroatoms. The molecule has 0 bridgehead atoms. The van der Waals surface area contributed by atoms with Gasteiger partial charge in [0.2, 0.25) is 11.8 Å². The van der Waals surface area contributed by atoms with Crippen molar-refractivity contribution in [1.82, 2.24) is 15.1 Å². The standard InChI is InChI=1S/C17H31N3O6/c1-11(2)14(15(23)25-8)20(7)13(22)10-19(6)12(21)9-18-16(24)26-17(3,4)5/h11,14H,9-10H2,1-8H3,(H,18,24)/t14-/m0/s1. The zero-order valence-electron chi connectivity index (χ0n) is 16.9. The van der Waals surface area contributed by atoms with Gasteiger partial charge < -0.3 is 24.6 Å². The molecule has 3 amide bonds. The fourth-order valence-electron chi connectivity index (χ4n) is 2.15. The molecule has 0 aromatic carbocycles. The van der Waals surface area contributed by atoms with Crippen LogP contribution in [0.15, 0.2) is 0 Å². The summed E-state index contributed by atoms with van der Waals surface area (Å²) in [6, 6.07) is -0.740. The maximum atomic E-state index is 12.4. The van der Waals surface area contributed by atoms with E-state index in [0.717, 1.165) is 0 Å². The highest BCUT2D eigenvalue weighted by Crippen LogP contribution is 2.11. The fourth-order valence-corrected chi connectivity index (χ4v) is 2.15. The maximum Gasteiger partial charge on any atom is 0.408 e. The van der Waals surface area contributed by atoms with Crippen molar-refractivity contribution in [1.29, 1.82) is 0 Å². The minimum Gasteiger partial charge on any atom is -0.467 e. The summed E-state index contributed by atoms with van der Waals surface area (Å²) in [6.07, 6.45) is -0.715. The van der Waals surface area contributed by atoms with Gasteiger partial charge in [0.25, 0.3) is 0 Å². The fraction of sp³-hybridized carbons (Fsp3) is 0.765. The van der Waals surface area contributed by atoms with Gasteiger partial charge in [0.1, 0.15) is 18.2 Å². The highest BCUT2D eigenvalue weighted by Gasteiger charge is 2.31. The van der Waals surface area contributed by atoms with Crippen molar-refractivity contribution in [2.75, 3.05) is 34.3 Å². The molecule has 0 radical (unpaired) electrons. The molecule has 0 saturated heterocycles. The number of hydrogen-bond acceptors (Lipinski definition) is 6. The number of ether oxygens (including phenoxy) is 2. The third-order valence-corrected chi connectivity index (χ3v) is 3.47. The van der Waals surface area contributed by atoms with Gasteiger partial charge >= 0.3 is 12.1 Å². The van der Waals surface area contributed by atoms with E-state index in [-0.39, 0.29) is 19.0 Å². The summed E-state index contributed by atoms with van der Waals surface area (Å²) in [5.74, 6) is -1.54. The SMILES string of the molecule is COC(=O)[C@H](C(C)C)N(C)C(=O)CN(C)C(=O)CNC(=O)OC(C)(C)C. The van der Waals surface area contributed by atoms with Crippen molar-refractivity contribution < 1.29 is 28.7 Å². The second-order valence-electron chi connectivity index (χ2n) is 7.32. The molecular weight excluding hydrogens is 342 g/mol. The van der Waals surface area contributed by atoms with Crippen molar-refractivity contribution >= 4 is 23.9 Å². The first kappa shape index (κ1) is 23.7. The highest BCUT2D eigenvalue weighted by molar-refractivity contribution is 5.89. The van der Waals surface area contributed by atoms with Crippen LogP contribution in [0.2, 0.25) is 0 Å². The van der Waals surface area contributed by atoms with Crippen molar-refractivity contribution in [3.8, 4) is 0 Å². The largest absolute Gasteiger partial charge is 0.467 e. The average Bonchev–Trinajstić information content (AvgIpc) is 2.50. The van der Waals surface area contributed by atoms with Gasteiger partial charge in [-0.2, -0.15) is 0 Å². The van der Waals surface area contributed by atoms with E-state index in [1.807, 2.05) is 0 Å². The number of carbonyl (C=O) groups excluding carboxylic acids is 4. The van der Waals surface area contributed by atoms with E-state index >= 15 is 0 Å². The lowest BCUT2D eigenvalue weighted by atomic mass is 10.0. The number of nitrogens with one attached hydrogen (secondary N) is 1. The Balaban J connectivity index is 4.66. The van der Waals surface area contributed by atoms with Gasteiger partial charge in [0.05, 0.1) is 13.7 Å². The number of methoxy groups -OCH3 is 1. The van der Waals surface area contributed by atoms with E-state index in [1.165, 1.54) is 31.0 Å². The number of esters is 1. The van der Waals surface area contributed by atoms with Crippen LogP contribution in [0.5, 0.6) is 0 Å². The number of rotatable bonds is 7. The van der Waals surface area contributed by atoms with Gasteiger partial charge in [-0.15, -0.1) is 0 Å². The van der Waals surface area contributed by atoms with Gasteiger partial charge in [-0.1, -0.05) is 13.8 Å². The van der Waals surface area contributed by atoms with Crippen molar-refractivity contribution in [2.24, 2.45) is 5.92 Å². The molecular formula is C17H31N3O6. The Hall–Kier alpha value is -2.32. The molecule has 0 aliphatic heterocycles. The molecule has 0 saturated carbocycles. The average molecular weight is 373 g/mol. The molecule has 0 unspecified atom stereocenters. The lowest BCUT2D eigenvalue weighted by Gasteiger charge is -2.30. The van der Waals surface area contributed by atoms with Crippen molar-refractivity contribution in [3.05, 3.63) is 0 Å². The molecule has 1 N–H and O–H groups in total. The van der Waals surface area contributed by atoms with Gasteiger partial charge in [-0.3, -0.25) is 9.59 Å². The molecule has 0 aliphatic carbocycles. The summed E-state index contributed by atoms with van der Waals surface area (Å²) >= 11 is 0. The molecule has 0 aromatic heterocycles. The zero-order valence-corrected chi connectivity index (χ0v) is 16.9. The Morgan fingerprint density at radius 1 is 1.04 bits per heavy atom. The lowest BCUT2D eigenvalue weighted by Crippen LogP contribution is -2.50. The minimum absolute atomic E-state index is 0.147. The topological polar surface area (TPSA) is 105 Å². The van der Waals surface area contributed by atoms with Crippen LogP contribution in [-0.2, 0) is 23.9 Å². The summed E-state index contributed by atoms with van der Waals surface area (Å²) in [4.78, 5) is 50.3. The molecule has 0 spiro atoms. The normalized spacial score (nSPS) is 12.2. The Bertz CT molecular complexity index is 527. The second-order valence-corrected chi connectivity index (χ2v) is 7.32. The van der Waals surface area contributed by atoms with Gasteiger partial charge in [-0.05, 0) is 26.7 Å². The number of carbonyl (C=O) groups is 4. The summed E-state index contributed by atoms with van der Waals surface area (Å²) in [5.41, 5.74) is -0.669. The third kappa shape index (κ3) is 8.17. The van der Waals surface area contributed by atoms with Crippen LogP contribution < -0.4 is 5.32 Å². The molecule has 0 rings (SSSR count). The first-order valence-electron chi connectivity index (χ1n) is 8.34. The molecule has 150 valence electrons. The molecule has 1 atom stereocenters. The van der Waals surface area contributed by atoms with E-state index in [2.05, 4.69) is 5.32 Å². The van der Waals surface area contributed by atoms with E-state index in [4.69, 9.17) is 9.47 Å². The maximum absolute atomic E-state index is 12.4. The summed E-state index contributed by atoms with van der Waals surface area (Å²) in [5, 5.41) is 2.34. The van der Waals surface area contributed by atoms with Crippen LogP contribution >= 0.6 is 0 Å². The number of alkyl carbamates (subject to hydrolysis) is 1. The van der Waals surface area contributed by atoms with E-state index < -0.39 is 35.5 Å². The highest BCUT2D eigenvalue weighted by atomic mass is 16.6. The number of amides is 3. The van der Waals surface area contributed by atoms with Crippen LogP contribution in [-0.4, -0.2) is 79.6 Å². The smallest absolute Gasteiger partial charge is 0.408 e. The Kier molecular flexibility index (Phi) is 9.09. The van der Waals surface area contributed by atoms with Crippen molar-refractivity contribution in [3.63, 3.8) is 0 Å². The second kappa shape index (κ2) is 9.98. The number of likely N-dealkylation sites (N-methyl/N-ethyl adjacent to an activating group) is 2. The van der Waals surface area contributed by atoms with Crippen LogP contribution in [0, 0.1) is 5.92 Å². The molecule has 26 heavy (non-hydrogen) atoms. The Morgan fingerprint density at radius 3 is 2.00 bits per heavy atom. The van der Waals surface area contributed by atoms with E-state index in [1.54, 1.807) is 34.6 Å². The van der Waals surface area contributed by atoms with Crippen LogP contribution in [0.4, 0.5) is 4.79 Å². The summed E-state index contributed by atoms with van der Waals surface area (Å²) in [6.45, 7) is 8.19. The Labute approximate surface area is 155 Å². The minimum atomic E-state index is -0.740. The molecule has 0 aromatic rings. The monoisotopic (exact) mass is 373 g/mol. The van der Waals surface area contributed by atoms with Crippen LogP contribution in [0.25, 0.3) is 0 Å². The summed E-state index contributed by atoms with van der Waals surface area (Å²) in [7, 11) is 4.18.